The van der Waals surface area contributed by atoms with E-state index in [0.717, 1.165) is 4.40 Å². The Hall–Kier alpha value is -2.72. The molecule has 1 fully saturated rings. The Balaban J connectivity index is 1.42. The van der Waals surface area contributed by atoms with Gasteiger partial charge in [-0.3, -0.25) is 13.8 Å². The lowest BCUT2D eigenvalue weighted by atomic mass is 10.0. The van der Waals surface area contributed by atoms with Gasteiger partial charge >= 0.3 is 5.69 Å². The standard InChI is InChI=1S/C16H14ClFN6O3/c17-9-1-2-10-19-12(13(18)23(10)5-9)14(25)22-4-3-16(7-22)8-24-11(6-27-16)20-21-15(24)26/h1-2,5H,3-4,6-8H2,(H,21,26). The van der Waals surface area contributed by atoms with E-state index in [1.807, 2.05) is 0 Å². The lowest BCUT2D eigenvalue weighted by Crippen LogP contribution is -2.47. The molecule has 9 nitrogen and oxygen atoms in total. The number of nitrogens with zero attached hydrogens (tertiary/aromatic N) is 5. The highest BCUT2D eigenvalue weighted by molar-refractivity contribution is 6.30. The lowest BCUT2D eigenvalue weighted by Gasteiger charge is -2.33. The van der Waals surface area contributed by atoms with E-state index < -0.39 is 17.5 Å². The van der Waals surface area contributed by atoms with Gasteiger partial charge in [0, 0.05) is 12.7 Å². The van der Waals surface area contributed by atoms with Crippen LogP contribution < -0.4 is 5.69 Å². The van der Waals surface area contributed by atoms with Crippen molar-refractivity contribution in [1.82, 2.24) is 29.0 Å². The van der Waals surface area contributed by atoms with Crippen LogP contribution in [0.5, 0.6) is 0 Å². The SMILES string of the molecule is O=C(c1nc2ccc(Cl)cn2c1F)N1CCC2(C1)Cn1c(n[nH]c1=O)CO2. The fourth-order valence-electron chi connectivity index (χ4n) is 3.72. The number of likely N-dealkylation sites (tertiary alicyclic amines) is 1. The Morgan fingerprint density at radius 2 is 2.22 bits per heavy atom. The molecule has 1 saturated heterocycles. The number of nitrogens with one attached hydrogen (secondary N) is 1. The summed E-state index contributed by atoms with van der Waals surface area (Å²) in [6, 6.07) is 3.13. The molecule has 1 amide bonds. The minimum absolute atomic E-state index is 0.183. The predicted octanol–water partition coefficient (Wildman–Crippen LogP) is 0.827. The summed E-state index contributed by atoms with van der Waals surface area (Å²) in [5.74, 6) is -0.742. The molecule has 0 saturated carbocycles. The summed E-state index contributed by atoms with van der Waals surface area (Å²) in [5.41, 5.74) is -0.945. The minimum Gasteiger partial charge on any atom is -0.363 e. The van der Waals surface area contributed by atoms with Crippen molar-refractivity contribution in [3.05, 3.63) is 51.3 Å². The maximum Gasteiger partial charge on any atom is 0.343 e. The van der Waals surface area contributed by atoms with E-state index in [9.17, 15) is 14.0 Å². The van der Waals surface area contributed by atoms with Crippen LogP contribution in [0.25, 0.3) is 5.65 Å². The second kappa shape index (κ2) is 5.64. The Morgan fingerprint density at radius 3 is 3.07 bits per heavy atom. The molecule has 11 heteroatoms. The first-order chi connectivity index (χ1) is 13.0. The Morgan fingerprint density at radius 1 is 1.37 bits per heavy atom. The first-order valence-electron chi connectivity index (χ1n) is 8.36. The van der Waals surface area contributed by atoms with Gasteiger partial charge < -0.3 is 9.64 Å². The van der Waals surface area contributed by atoms with Gasteiger partial charge in [-0.15, -0.1) is 0 Å². The van der Waals surface area contributed by atoms with E-state index in [1.165, 1.54) is 15.7 Å². The topological polar surface area (TPSA) is 97.5 Å². The minimum atomic E-state index is -0.753. The molecule has 1 N–H and O–H groups in total. The molecule has 5 heterocycles. The Labute approximate surface area is 156 Å². The molecule has 27 heavy (non-hydrogen) atoms. The van der Waals surface area contributed by atoms with Crippen LogP contribution >= 0.6 is 11.6 Å². The molecule has 0 bridgehead atoms. The van der Waals surface area contributed by atoms with E-state index in [1.54, 1.807) is 12.1 Å². The van der Waals surface area contributed by atoms with Gasteiger partial charge in [0.15, 0.2) is 11.5 Å². The highest BCUT2D eigenvalue weighted by Gasteiger charge is 2.45. The monoisotopic (exact) mass is 392 g/mol. The number of aromatic amines is 1. The average molecular weight is 393 g/mol. The summed E-state index contributed by atoms with van der Waals surface area (Å²) in [6.07, 6.45) is 1.91. The number of H-pyrrole nitrogens is 1. The van der Waals surface area contributed by atoms with Crippen LogP contribution in [0.15, 0.2) is 23.1 Å². The molecule has 1 unspecified atom stereocenters. The zero-order chi connectivity index (χ0) is 18.8. The van der Waals surface area contributed by atoms with Crippen molar-refractivity contribution >= 4 is 23.2 Å². The molecule has 0 radical (unpaired) electrons. The van der Waals surface area contributed by atoms with Crippen molar-refractivity contribution in [3.8, 4) is 0 Å². The van der Waals surface area contributed by atoms with Gasteiger partial charge in [0.05, 0.1) is 18.1 Å². The summed E-state index contributed by atoms with van der Waals surface area (Å²) >= 11 is 5.89. The summed E-state index contributed by atoms with van der Waals surface area (Å²) in [5, 5.41) is 6.64. The van der Waals surface area contributed by atoms with E-state index in [4.69, 9.17) is 16.3 Å². The molecule has 0 aromatic carbocycles. The second-order valence-electron chi connectivity index (χ2n) is 6.81. The zero-order valence-electron chi connectivity index (χ0n) is 14.0. The number of hydrogen-bond donors (Lipinski definition) is 1. The van der Waals surface area contributed by atoms with E-state index in [2.05, 4.69) is 15.2 Å². The molecule has 1 atom stereocenters. The Kier molecular flexibility index (Phi) is 3.43. The van der Waals surface area contributed by atoms with Crippen molar-refractivity contribution < 1.29 is 13.9 Å². The summed E-state index contributed by atoms with van der Waals surface area (Å²) in [7, 11) is 0. The molecule has 3 aromatic rings. The van der Waals surface area contributed by atoms with Crippen LogP contribution in [-0.2, 0) is 17.9 Å². The van der Waals surface area contributed by atoms with Crippen molar-refractivity contribution in [2.75, 3.05) is 13.1 Å². The van der Waals surface area contributed by atoms with Gasteiger partial charge in [-0.1, -0.05) is 11.6 Å². The number of ether oxygens (including phenoxy) is 1. The summed E-state index contributed by atoms with van der Waals surface area (Å²) < 4.78 is 23.2. The van der Waals surface area contributed by atoms with Crippen LogP contribution in [0, 0.1) is 5.95 Å². The van der Waals surface area contributed by atoms with Crippen molar-refractivity contribution in [2.45, 2.75) is 25.2 Å². The molecule has 1 spiro atoms. The largest absolute Gasteiger partial charge is 0.363 e. The number of fused-ring (bicyclic) bond motifs is 2. The number of pyridine rings is 1. The smallest absolute Gasteiger partial charge is 0.343 e. The number of aromatic nitrogens is 5. The van der Waals surface area contributed by atoms with Gasteiger partial charge in [0.1, 0.15) is 17.9 Å². The lowest BCUT2D eigenvalue weighted by molar-refractivity contribution is -0.0816. The van der Waals surface area contributed by atoms with E-state index in [-0.39, 0.29) is 24.5 Å². The number of carbonyl (C=O) groups is 1. The number of hydrogen-bond acceptors (Lipinski definition) is 5. The number of carbonyl (C=O) groups excluding carboxylic acids is 1. The van der Waals surface area contributed by atoms with Crippen molar-refractivity contribution in [1.29, 1.82) is 0 Å². The third-order valence-corrected chi connectivity index (χ3v) is 5.34. The molecule has 140 valence electrons. The Bertz CT molecular complexity index is 1140. The second-order valence-corrected chi connectivity index (χ2v) is 7.24. The highest BCUT2D eigenvalue weighted by Crippen LogP contribution is 2.32. The number of amides is 1. The number of halogens is 2. The van der Waals surface area contributed by atoms with Crippen LogP contribution in [0.3, 0.4) is 0 Å². The first kappa shape index (κ1) is 16.5. The molecular formula is C16H14ClFN6O3. The van der Waals surface area contributed by atoms with Gasteiger partial charge in [0.2, 0.25) is 5.95 Å². The van der Waals surface area contributed by atoms with Gasteiger partial charge in [0.25, 0.3) is 5.91 Å². The summed E-state index contributed by atoms with van der Waals surface area (Å²) in [6.45, 7) is 1.11. The van der Waals surface area contributed by atoms with Crippen LogP contribution in [0.1, 0.15) is 22.7 Å². The number of rotatable bonds is 1. The molecule has 2 aliphatic rings. The first-order valence-corrected chi connectivity index (χ1v) is 8.74. The summed E-state index contributed by atoms with van der Waals surface area (Å²) in [4.78, 5) is 30.3. The maximum atomic E-state index is 14.7. The van der Waals surface area contributed by atoms with Crippen molar-refractivity contribution in [3.63, 3.8) is 0 Å². The third kappa shape index (κ3) is 2.47. The normalized spacial score (nSPS) is 21.9. The molecule has 3 aromatic heterocycles. The average Bonchev–Trinajstić information content (AvgIpc) is 3.33. The highest BCUT2D eigenvalue weighted by atomic mass is 35.5. The maximum absolute atomic E-state index is 14.7. The molecule has 2 aliphatic heterocycles. The third-order valence-electron chi connectivity index (χ3n) is 5.12. The van der Waals surface area contributed by atoms with Gasteiger partial charge in [-0.25, -0.2) is 14.9 Å². The fourth-order valence-corrected chi connectivity index (χ4v) is 3.88. The fraction of sp³-hybridized carbons (Fsp3) is 0.375. The quantitative estimate of drug-likeness (QED) is 0.661. The molecule has 5 rings (SSSR count). The van der Waals surface area contributed by atoms with Crippen LogP contribution in [0.4, 0.5) is 4.39 Å². The number of imidazole rings is 1. The molecule has 0 aliphatic carbocycles. The molecular weight excluding hydrogens is 379 g/mol. The van der Waals surface area contributed by atoms with Crippen molar-refractivity contribution in [2.24, 2.45) is 0 Å². The van der Waals surface area contributed by atoms with E-state index >= 15 is 0 Å². The van der Waals surface area contributed by atoms with E-state index in [0.29, 0.717) is 36.0 Å². The zero-order valence-corrected chi connectivity index (χ0v) is 14.7. The van der Waals surface area contributed by atoms with Gasteiger partial charge in [-0.2, -0.15) is 9.49 Å². The van der Waals surface area contributed by atoms with Crippen LogP contribution in [-0.4, -0.2) is 53.6 Å². The predicted molar refractivity (Wildman–Crippen MR) is 91.0 cm³/mol. The van der Waals surface area contributed by atoms with Gasteiger partial charge in [-0.05, 0) is 18.6 Å². The van der Waals surface area contributed by atoms with Crippen LogP contribution in [0.2, 0.25) is 5.02 Å².